The molecule has 1 atom stereocenters. The van der Waals surface area contributed by atoms with E-state index in [0.717, 1.165) is 12.8 Å². The Labute approximate surface area is 96.0 Å². The number of carbonyl (C=O) groups is 2. The lowest BCUT2D eigenvalue weighted by Crippen LogP contribution is -2.56. The molecule has 1 unspecified atom stereocenters. The van der Waals surface area contributed by atoms with Crippen molar-refractivity contribution in [1.82, 2.24) is 5.32 Å². The lowest BCUT2D eigenvalue weighted by Gasteiger charge is -2.51. The second-order valence-electron chi connectivity index (χ2n) is 5.83. The Balaban J connectivity index is 1.86. The van der Waals surface area contributed by atoms with Crippen molar-refractivity contribution in [2.75, 3.05) is 0 Å². The van der Waals surface area contributed by atoms with Gasteiger partial charge in [0.15, 0.2) is 0 Å². The van der Waals surface area contributed by atoms with Gasteiger partial charge in [0.2, 0.25) is 11.8 Å². The Morgan fingerprint density at radius 2 is 1.75 bits per heavy atom. The summed E-state index contributed by atoms with van der Waals surface area (Å²) < 4.78 is 0. The second kappa shape index (κ2) is 3.57. The molecule has 3 fully saturated rings. The fourth-order valence-electron chi connectivity index (χ4n) is 4.09. The summed E-state index contributed by atoms with van der Waals surface area (Å²) in [5.74, 6) is 0.677. The molecule has 3 nitrogen and oxygen atoms in total. The zero-order valence-electron chi connectivity index (χ0n) is 9.63. The van der Waals surface area contributed by atoms with Crippen molar-refractivity contribution >= 4 is 11.8 Å². The van der Waals surface area contributed by atoms with Crippen molar-refractivity contribution in [3.63, 3.8) is 0 Å². The van der Waals surface area contributed by atoms with E-state index in [1.54, 1.807) is 0 Å². The van der Waals surface area contributed by atoms with Gasteiger partial charge in [-0.2, -0.15) is 0 Å². The van der Waals surface area contributed by atoms with Crippen LogP contribution in [0.4, 0.5) is 0 Å². The smallest absolute Gasteiger partial charge is 0.230 e. The average Bonchev–Trinajstić information content (AvgIpc) is 2.66. The van der Waals surface area contributed by atoms with Crippen LogP contribution in [0.5, 0.6) is 0 Å². The first-order valence-corrected chi connectivity index (χ1v) is 6.55. The van der Waals surface area contributed by atoms with Crippen molar-refractivity contribution in [3.05, 3.63) is 0 Å². The molecule has 3 heteroatoms. The van der Waals surface area contributed by atoms with Crippen molar-refractivity contribution < 1.29 is 9.59 Å². The molecular weight excluding hydrogens is 202 g/mol. The lowest BCUT2D eigenvalue weighted by molar-refractivity contribution is -0.151. The molecule has 1 heterocycles. The first kappa shape index (κ1) is 10.3. The van der Waals surface area contributed by atoms with E-state index in [-0.39, 0.29) is 23.1 Å². The Kier molecular flexibility index (Phi) is 2.30. The summed E-state index contributed by atoms with van der Waals surface area (Å²) >= 11 is 0. The number of carbonyl (C=O) groups excluding carboxylic acids is 2. The van der Waals surface area contributed by atoms with Crippen molar-refractivity contribution in [2.24, 2.45) is 17.3 Å². The third-order valence-electron chi connectivity index (χ3n) is 4.94. The molecule has 2 amide bonds. The molecule has 2 saturated carbocycles. The monoisotopic (exact) mass is 221 g/mol. The number of nitrogens with one attached hydrogen (secondary N) is 1. The third-order valence-corrected chi connectivity index (χ3v) is 4.94. The summed E-state index contributed by atoms with van der Waals surface area (Å²) in [6, 6.07) is 0. The van der Waals surface area contributed by atoms with Gasteiger partial charge >= 0.3 is 0 Å². The maximum absolute atomic E-state index is 12.1. The highest BCUT2D eigenvalue weighted by Gasteiger charge is 2.54. The molecule has 88 valence electrons. The van der Waals surface area contributed by atoms with E-state index in [9.17, 15) is 9.59 Å². The minimum Gasteiger partial charge on any atom is -0.296 e. The predicted octanol–water partition coefficient (Wildman–Crippen LogP) is 2.01. The Morgan fingerprint density at radius 1 is 1.06 bits per heavy atom. The van der Waals surface area contributed by atoms with Gasteiger partial charge in [-0.15, -0.1) is 0 Å². The van der Waals surface area contributed by atoms with Gasteiger partial charge in [-0.1, -0.05) is 19.3 Å². The van der Waals surface area contributed by atoms with Crippen LogP contribution in [0, 0.1) is 17.3 Å². The summed E-state index contributed by atoms with van der Waals surface area (Å²) in [6.07, 6.45) is 8.88. The predicted molar refractivity (Wildman–Crippen MR) is 59.5 cm³/mol. The summed E-state index contributed by atoms with van der Waals surface area (Å²) in [4.78, 5) is 23.6. The number of piperidine rings is 1. The van der Waals surface area contributed by atoms with E-state index < -0.39 is 0 Å². The molecule has 0 bridgehead atoms. The summed E-state index contributed by atoms with van der Waals surface area (Å²) in [6.45, 7) is 0. The Hall–Kier alpha value is -0.860. The van der Waals surface area contributed by atoms with Crippen LogP contribution in [-0.4, -0.2) is 11.8 Å². The molecular formula is C13H19NO2. The fraction of sp³-hybridized carbons (Fsp3) is 0.846. The van der Waals surface area contributed by atoms with Crippen LogP contribution in [-0.2, 0) is 9.59 Å². The number of imide groups is 1. The molecule has 0 aromatic rings. The maximum atomic E-state index is 12.1. The molecule has 1 spiro atoms. The molecule has 0 radical (unpaired) electrons. The van der Waals surface area contributed by atoms with E-state index in [2.05, 4.69) is 5.32 Å². The quantitative estimate of drug-likeness (QED) is 0.688. The maximum Gasteiger partial charge on any atom is 0.230 e. The molecule has 2 aliphatic carbocycles. The summed E-state index contributed by atoms with van der Waals surface area (Å²) in [7, 11) is 0. The molecule has 0 aromatic heterocycles. The highest BCUT2D eigenvalue weighted by molar-refractivity contribution is 6.00. The number of hydrogen-bond donors (Lipinski definition) is 1. The van der Waals surface area contributed by atoms with Crippen molar-refractivity contribution in [1.29, 1.82) is 0 Å². The fourth-order valence-corrected chi connectivity index (χ4v) is 4.09. The average molecular weight is 221 g/mol. The van der Waals surface area contributed by atoms with E-state index in [0.29, 0.717) is 12.3 Å². The topological polar surface area (TPSA) is 46.2 Å². The Bertz CT molecular complexity index is 327. The van der Waals surface area contributed by atoms with Crippen LogP contribution in [0.2, 0.25) is 0 Å². The van der Waals surface area contributed by atoms with Gasteiger partial charge in [0.25, 0.3) is 0 Å². The van der Waals surface area contributed by atoms with Crippen LogP contribution in [0.15, 0.2) is 0 Å². The second-order valence-corrected chi connectivity index (χ2v) is 5.83. The van der Waals surface area contributed by atoms with E-state index >= 15 is 0 Å². The largest absolute Gasteiger partial charge is 0.296 e. The lowest BCUT2D eigenvalue weighted by atomic mass is 9.54. The van der Waals surface area contributed by atoms with Crippen LogP contribution in [0.3, 0.4) is 0 Å². The number of rotatable bonds is 1. The number of hydrogen-bond acceptors (Lipinski definition) is 2. The van der Waals surface area contributed by atoms with Gasteiger partial charge in [0, 0.05) is 12.3 Å². The van der Waals surface area contributed by atoms with Crippen LogP contribution >= 0.6 is 0 Å². The normalized spacial score (nSPS) is 33.9. The summed E-state index contributed by atoms with van der Waals surface area (Å²) in [5, 5.41) is 2.55. The molecule has 3 rings (SSSR count). The van der Waals surface area contributed by atoms with Crippen LogP contribution in [0.25, 0.3) is 0 Å². The van der Waals surface area contributed by atoms with Gasteiger partial charge in [-0.25, -0.2) is 0 Å². The summed E-state index contributed by atoms with van der Waals surface area (Å²) in [5.41, 5.74) is 0.0639. The zero-order valence-corrected chi connectivity index (χ0v) is 9.63. The van der Waals surface area contributed by atoms with Gasteiger partial charge in [0.1, 0.15) is 0 Å². The third kappa shape index (κ3) is 1.40. The first-order valence-electron chi connectivity index (χ1n) is 6.55. The minimum absolute atomic E-state index is 0.0304. The molecule has 1 aliphatic heterocycles. The minimum atomic E-state index is -0.0426. The standard InChI is InChI=1S/C13H19NO2/c15-10-8-13(6-3-7-13)11(12(16)14-10)9-4-1-2-5-9/h9,11H,1-8H2,(H,14,15,16). The van der Waals surface area contributed by atoms with Gasteiger partial charge in [-0.3, -0.25) is 14.9 Å². The molecule has 1 N–H and O–H groups in total. The van der Waals surface area contributed by atoms with Gasteiger partial charge in [0.05, 0.1) is 0 Å². The van der Waals surface area contributed by atoms with Crippen molar-refractivity contribution in [3.8, 4) is 0 Å². The molecule has 16 heavy (non-hydrogen) atoms. The highest BCUT2D eigenvalue weighted by atomic mass is 16.2. The molecule has 1 saturated heterocycles. The molecule has 0 aromatic carbocycles. The highest BCUT2D eigenvalue weighted by Crippen LogP contribution is 2.56. The molecule has 3 aliphatic rings. The SMILES string of the molecule is O=C1CC2(CCC2)C(C2CCCC2)C(=O)N1. The van der Waals surface area contributed by atoms with E-state index in [1.807, 2.05) is 0 Å². The van der Waals surface area contributed by atoms with Gasteiger partial charge < -0.3 is 0 Å². The Morgan fingerprint density at radius 3 is 2.31 bits per heavy atom. The van der Waals surface area contributed by atoms with Crippen molar-refractivity contribution in [2.45, 2.75) is 51.4 Å². The van der Waals surface area contributed by atoms with Gasteiger partial charge in [-0.05, 0) is 37.0 Å². The van der Waals surface area contributed by atoms with Crippen LogP contribution in [0.1, 0.15) is 51.4 Å². The first-order chi connectivity index (χ1) is 7.71. The zero-order chi connectivity index (χ0) is 11.2. The number of amides is 2. The van der Waals surface area contributed by atoms with E-state index in [4.69, 9.17) is 0 Å². The van der Waals surface area contributed by atoms with Crippen LogP contribution < -0.4 is 5.32 Å². The van der Waals surface area contributed by atoms with E-state index in [1.165, 1.54) is 32.1 Å².